The first-order valence-electron chi connectivity index (χ1n) is 9.38. The Balaban J connectivity index is 3.20. The number of imide groups is 1. The van der Waals surface area contributed by atoms with Crippen LogP contribution in [0.3, 0.4) is 0 Å². The Bertz CT molecular complexity index is 700. The highest BCUT2D eigenvalue weighted by Gasteiger charge is 2.40. The maximum atomic E-state index is 12.8. The van der Waals surface area contributed by atoms with Gasteiger partial charge in [-0.2, -0.15) is 4.90 Å². The number of methoxy groups -OCH3 is 1. The van der Waals surface area contributed by atoms with E-state index in [4.69, 9.17) is 14.2 Å². The summed E-state index contributed by atoms with van der Waals surface area (Å²) in [6.45, 7) is 10.0. The summed E-state index contributed by atoms with van der Waals surface area (Å²) in [5.41, 5.74) is -0.812. The van der Waals surface area contributed by atoms with Crippen molar-refractivity contribution in [2.75, 3.05) is 7.11 Å². The third kappa shape index (κ3) is 8.81. The number of benzene rings is 1. The highest BCUT2D eigenvalue weighted by molar-refractivity contribution is 5.94. The van der Waals surface area contributed by atoms with Crippen LogP contribution in [0.5, 0.6) is 0 Å². The molecule has 7 heteroatoms. The van der Waals surface area contributed by atoms with Crippen molar-refractivity contribution in [1.82, 2.24) is 4.90 Å². The van der Waals surface area contributed by atoms with Crippen LogP contribution in [0, 0.1) is 0 Å². The van der Waals surface area contributed by atoms with Gasteiger partial charge in [0.2, 0.25) is 0 Å². The van der Waals surface area contributed by atoms with E-state index in [1.165, 1.54) is 7.11 Å². The van der Waals surface area contributed by atoms with Crippen molar-refractivity contribution in [2.24, 2.45) is 0 Å². The van der Waals surface area contributed by atoms with Crippen LogP contribution in [0.15, 0.2) is 36.4 Å². The molecule has 29 heavy (non-hydrogen) atoms. The van der Waals surface area contributed by atoms with Gasteiger partial charge in [0.05, 0.1) is 7.11 Å². The number of nitrogens with zero attached hydrogens (tertiary/aromatic N) is 1. The van der Waals surface area contributed by atoms with E-state index in [1.807, 2.05) is 30.3 Å². The van der Waals surface area contributed by atoms with Gasteiger partial charge in [0.25, 0.3) is 0 Å². The van der Waals surface area contributed by atoms with E-state index in [0.29, 0.717) is 4.90 Å². The van der Waals surface area contributed by atoms with Crippen molar-refractivity contribution in [3.05, 3.63) is 42.0 Å². The summed E-state index contributed by atoms with van der Waals surface area (Å²) in [6, 6.07) is 8.20. The summed E-state index contributed by atoms with van der Waals surface area (Å²) in [6.07, 6.45) is 1.57. The van der Waals surface area contributed by atoms with Crippen LogP contribution >= 0.6 is 0 Å². The highest BCUT2D eigenvalue weighted by atomic mass is 16.6. The van der Waals surface area contributed by atoms with Gasteiger partial charge in [0.1, 0.15) is 17.2 Å². The molecule has 0 aliphatic heterocycles. The Morgan fingerprint density at radius 1 is 0.931 bits per heavy atom. The monoisotopic (exact) mass is 405 g/mol. The first kappa shape index (κ1) is 24.2. The van der Waals surface area contributed by atoms with E-state index < -0.39 is 35.4 Å². The molecule has 0 aliphatic rings. The fourth-order valence-corrected chi connectivity index (χ4v) is 2.29. The van der Waals surface area contributed by atoms with E-state index in [2.05, 4.69) is 0 Å². The van der Waals surface area contributed by atoms with E-state index in [-0.39, 0.29) is 6.42 Å². The average Bonchev–Trinajstić information content (AvgIpc) is 2.57. The molecule has 0 N–H and O–H groups in total. The molecule has 0 fully saturated rings. The SMILES string of the molecule is COC(=O)[C@@H](C/C=C\c1ccccc1)N(C(=O)OC(C)(C)C)C(=O)OC(C)(C)C. The predicted molar refractivity (Wildman–Crippen MR) is 110 cm³/mol. The van der Waals surface area contributed by atoms with Crippen LogP contribution in [0.4, 0.5) is 9.59 Å². The van der Waals surface area contributed by atoms with Crippen molar-refractivity contribution in [3.63, 3.8) is 0 Å². The molecule has 2 amide bonds. The zero-order chi connectivity index (χ0) is 22.2. The van der Waals surface area contributed by atoms with Crippen LogP contribution in [0.1, 0.15) is 53.5 Å². The zero-order valence-corrected chi connectivity index (χ0v) is 18.2. The molecule has 1 atom stereocenters. The Morgan fingerprint density at radius 2 is 1.41 bits per heavy atom. The number of carbonyl (C=O) groups excluding carboxylic acids is 3. The molecular formula is C22H31NO6. The van der Waals surface area contributed by atoms with E-state index in [0.717, 1.165) is 5.56 Å². The van der Waals surface area contributed by atoms with Crippen molar-refractivity contribution >= 4 is 24.2 Å². The molecule has 0 bridgehead atoms. The fourth-order valence-electron chi connectivity index (χ4n) is 2.29. The van der Waals surface area contributed by atoms with Crippen LogP contribution < -0.4 is 0 Å². The third-order valence-corrected chi connectivity index (χ3v) is 3.43. The Kier molecular flexibility index (Phi) is 8.42. The van der Waals surface area contributed by atoms with Gasteiger partial charge in [-0.15, -0.1) is 0 Å². The molecule has 0 unspecified atom stereocenters. The lowest BCUT2D eigenvalue weighted by molar-refractivity contribution is -0.146. The highest BCUT2D eigenvalue weighted by Crippen LogP contribution is 2.19. The second kappa shape index (κ2) is 10.1. The van der Waals surface area contributed by atoms with Crippen molar-refractivity contribution in [3.8, 4) is 0 Å². The number of carbonyl (C=O) groups is 3. The minimum atomic E-state index is -1.23. The molecule has 1 rings (SSSR count). The van der Waals surface area contributed by atoms with E-state index in [1.54, 1.807) is 53.7 Å². The van der Waals surface area contributed by atoms with Crippen LogP contribution in [-0.2, 0) is 19.0 Å². The maximum Gasteiger partial charge on any atom is 0.420 e. The Labute approximate surface area is 172 Å². The largest absolute Gasteiger partial charge is 0.467 e. The summed E-state index contributed by atoms with van der Waals surface area (Å²) in [5, 5.41) is 0. The molecule has 0 aromatic heterocycles. The van der Waals surface area contributed by atoms with Crippen molar-refractivity contribution in [1.29, 1.82) is 0 Å². The summed E-state index contributed by atoms with van der Waals surface area (Å²) in [7, 11) is 1.19. The van der Waals surface area contributed by atoms with Gasteiger partial charge in [-0.05, 0) is 53.5 Å². The average molecular weight is 405 g/mol. The van der Waals surface area contributed by atoms with Crippen LogP contribution in [0.2, 0.25) is 0 Å². The number of amides is 2. The second-order valence-corrected chi connectivity index (χ2v) is 8.42. The Hall–Kier alpha value is -2.83. The second-order valence-electron chi connectivity index (χ2n) is 8.42. The van der Waals surface area contributed by atoms with Gasteiger partial charge < -0.3 is 14.2 Å². The van der Waals surface area contributed by atoms with Gasteiger partial charge >= 0.3 is 18.2 Å². The van der Waals surface area contributed by atoms with Crippen molar-refractivity contribution < 1.29 is 28.6 Å². The molecule has 7 nitrogen and oxygen atoms in total. The number of esters is 1. The van der Waals surface area contributed by atoms with E-state index in [9.17, 15) is 14.4 Å². The molecule has 0 saturated carbocycles. The lowest BCUT2D eigenvalue weighted by atomic mass is 10.1. The quantitative estimate of drug-likeness (QED) is 0.517. The minimum absolute atomic E-state index is 0.0417. The topological polar surface area (TPSA) is 82.1 Å². The van der Waals surface area contributed by atoms with Crippen molar-refractivity contribution in [2.45, 2.75) is 65.2 Å². The lowest BCUT2D eigenvalue weighted by Crippen LogP contribution is -2.52. The number of hydrogen-bond acceptors (Lipinski definition) is 6. The molecule has 0 radical (unpaired) electrons. The lowest BCUT2D eigenvalue weighted by Gasteiger charge is -2.31. The molecule has 1 aromatic carbocycles. The summed E-state index contributed by atoms with van der Waals surface area (Å²) < 4.78 is 15.5. The molecule has 0 aliphatic carbocycles. The van der Waals surface area contributed by atoms with Crippen LogP contribution in [0.25, 0.3) is 6.08 Å². The summed E-state index contributed by atoms with van der Waals surface area (Å²) in [5.74, 6) is -0.751. The van der Waals surface area contributed by atoms with Gasteiger partial charge in [-0.3, -0.25) is 0 Å². The van der Waals surface area contributed by atoms with Gasteiger partial charge in [0.15, 0.2) is 0 Å². The molecule has 0 heterocycles. The standard InChI is InChI=1S/C22H31NO6/c1-21(2,3)28-19(25)23(20(26)29-22(4,5)6)17(18(24)27-7)15-11-14-16-12-9-8-10-13-16/h8-14,17H,15H2,1-7H3/b14-11-/t17-/m1/s1. The van der Waals surface area contributed by atoms with Crippen LogP contribution in [-0.4, -0.2) is 47.4 Å². The minimum Gasteiger partial charge on any atom is -0.467 e. The summed E-state index contributed by atoms with van der Waals surface area (Å²) >= 11 is 0. The van der Waals surface area contributed by atoms with Gasteiger partial charge in [0, 0.05) is 0 Å². The smallest absolute Gasteiger partial charge is 0.420 e. The van der Waals surface area contributed by atoms with E-state index >= 15 is 0 Å². The van der Waals surface area contributed by atoms with Gasteiger partial charge in [-0.1, -0.05) is 42.5 Å². The predicted octanol–water partition coefficient (Wildman–Crippen LogP) is 4.80. The normalized spacial score (nSPS) is 12.9. The summed E-state index contributed by atoms with van der Waals surface area (Å²) in [4.78, 5) is 38.6. The molecular weight excluding hydrogens is 374 g/mol. The number of rotatable bonds is 5. The Morgan fingerprint density at radius 3 is 1.83 bits per heavy atom. The number of hydrogen-bond donors (Lipinski definition) is 0. The molecule has 0 spiro atoms. The zero-order valence-electron chi connectivity index (χ0n) is 18.2. The third-order valence-electron chi connectivity index (χ3n) is 3.43. The van der Waals surface area contributed by atoms with Gasteiger partial charge in [-0.25, -0.2) is 14.4 Å². The number of ether oxygens (including phenoxy) is 3. The molecule has 160 valence electrons. The fraction of sp³-hybridized carbons (Fsp3) is 0.500. The molecule has 1 aromatic rings. The maximum absolute atomic E-state index is 12.8. The molecule has 0 saturated heterocycles. The first-order valence-corrected chi connectivity index (χ1v) is 9.38. The first-order chi connectivity index (χ1) is 13.3.